The van der Waals surface area contributed by atoms with E-state index in [1.54, 1.807) is 0 Å². The van der Waals surface area contributed by atoms with Crippen molar-refractivity contribution in [3.63, 3.8) is 0 Å². The first-order valence-electron chi connectivity index (χ1n) is 4.57. The van der Waals surface area contributed by atoms with Crippen molar-refractivity contribution in [2.75, 3.05) is 37.0 Å². The van der Waals surface area contributed by atoms with E-state index in [9.17, 15) is 0 Å². The molecule has 0 spiro atoms. The van der Waals surface area contributed by atoms with Gasteiger partial charge in [0.25, 0.3) is 0 Å². The van der Waals surface area contributed by atoms with Gasteiger partial charge in [0.2, 0.25) is 0 Å². The molecule has 1 aromatic rings. The molecule has 0 amide bonds. The lowest BCUT2D eigenvalue weighted by Crippen LogP contribution is -2.37. The van der Waals surface area contributed by atoms with Crippen LogP contribution in [0.3, 0.4) is 0 Å². The maximum atomic E-state index is 4.43. The molecule has 0 saturated heterocycles. The second kappa shape index (κ2) is 2.91. The van der Waals surface area contributed by atoms with Gasteiger partial charge in [0.05, 0.1) is 5.69 Å². The van der Waals surface area contributed by atoms with Crippen molar-refractivity contribution in [1.29, 1.82) is 0 Å². The van der Waals surface area contributed by atoms with E-state index < -0.39 is 0 Å². The molecule has 70 valence electrons. The summed E-state index contributed by atoms with van der Waals surface area (Å²) in [5, 5.41) is 0. The summed E-state index contributed by atoms with van der Waals surface area (Å²) in [6.07, 6.45) is 1.93. The lowest BCUT2D eigenvalue weighted by atomic mass is 10.2. The van der Waals surface area contributed by atoms with Crippen LogP contribution in [-0.2, 0) is 0 Å². The second-order valence-corrected chi connectivity index (χ2v) is 3.70. The van der Waals surface area contributed by atoms with Crippen LogP contribution in [0.15, 0.2) is 12.3 Å². The van der Waals surface area contributed by atoms with Crippen LogP contribution in [0.25, 0.3) is 0 Å². The van der Waals surface area contributed by atoms with Crippen molar-refractivity contribution in [3.05, 3.63) is 17.8 Å². The average Bonchev–Trinajstić information content (AvgIpc) is 2.12. The molecule has 0 aliphatic carbocycles. The van der Waals surface area contributed by atoms with Gasteiger partial charge >= 0.3 is 0 Å². The topological polar surface area (TPSA) is 19.4 Å². The monoisotopic (exact) mass is 177 g/mol. The Hall–Kier alpha value is -1.25. The third-order valence-electron chi connectivity index (χ3n) is 2.53. The van der Waals surface area contributed by atoms with Crippen LogP contribution in [0, 0.1) is 6.92 Å². The summed E-state index contributed by atoms with van der Waals surface area (Å²) in [7, 11) is 4.21. The van der Waals surface area contributed by atoms with Gasteiger partial charge in [0.15, 0.2) is 5.82 Å². The van der Waals surface area contributed by atoms with Gasteiger partial charge in [0.1, 0.15) is 0 Å². The van der Waals surface area contributed by atoms with Gasteiger partial charge in [-0.1, -0.05) is 0 Å². The second-order valence-electron chi connectivity index (χ2n) is 3.70. The quantitative estimate of drug-likeness (QED) is 0.595. The van der Waals surface area contributed by atoms with Crippen LogP contribution < -0.4 is 9.80 Å². The van der Waals surface area contributed by atoms with Crippen LogP contribution in [0.2, 0.25) is 0 Å². The lowest BCUT2D eigenvalue weighted by molar-refractivity contribution is 0.781. The van der Waals surface area contributed by atoms with E-state index in [2.05, 4.69) is 41.9 Å². The number of nitrogens with zero attached hydrogens (tertiary/aromatic N) is 3. The van der Waals surface area contributed by atoms with Crippen LogP contribution in [-0.4, -0.2) is 32.2 Å². The normalized spacial score (nSPS) is 15.9. The summed E-state index contributed by atoms with van der Waals surface area (Å²) in [6, 6.07) is 2.19. The van der Waals surface area contributed by atoms with E-state index in [1.165, 1.54) is 11.3 Å². The van der Waals surface area contributed by atoms with Gasteiger partial charge in [0, 0.05) is 33.4 Å². The number of hydrogen-bond donors (Lipinski definition) is 0. The number of aryl methyl sites for hydroxylation is 1. The summed E-state index contributed by atoms with van der Waals surface area (Å²) in [5.74, 6) is 1.10. The molecule has 0 aromatic carbocycles. The van der Waals surface area contributed by atoms with E-state index in [-0.39, 0.29) is 0 Å². The molecule has 0 N–H and O–H groups in total. The Morgan fingerprint density at radius 2 is 1.92 bits per heavy atom. The first-order chi connectivity index (χ1) is 6.18. The third kappa shape index (κ3) is 1.34. The van der Waals surface area contributed by atoms with Crippen LogP contribution in [0.4, 0.5) is 11.5 Å². The smallest absolute Gasteiger partial charge is 0.151 e. The molecule has 0 radical (unpaired) electrons. The lowest BCUT2D eigenvalue weighted by Gasteiger charge is -2.33. The summed E-state index contributed by atoms with van der Waals surface area (Å²) >= 11 is 0. The van der Waals surface area contributed by atoms with E-state index >= 15 is 0 Å². The van der Waals surface area contributed by atoms with E-state index in [0.29, 0.717) is 0 Å². The molecule has 3 heteroatoms. The molecule has 0 unspecified atom stereocenters. The molecule has 3 nitrogen and oxygen atoms in total. The minimum absolute atomic E-state index is 1.06. The van der Waals surface area contributed by atoms with E-state index in [1.807, 2.05) is 6.20 Å². The van der Waals surface area contributed by atoms with Crippen LogP contribution in [0.1, 0.15) is 5.56 Å². The molecule has 1 aliphatic heterocycles. The highest BCUT2D eigenvalue weighted by molar-refractivity contribution is 5.69. The molecule has 0 bridgehead atoms. The summed E-state index contributed by atoms with van der Waals surface area (Å²) in [4.78, 5) is 8.90. The molecule has 1 aromatic heterocycles. The maximum absolute atomic E-state index is 4.43. The van der Waals surface area contributed by atoms with Gasteiger partial charge in [-0.15, -0.1) is 0 Å². The first-order valence-corrected chi connectivity index (χ1v) is 4.57. The maximum Gasteiger partial charge on any atom is 0.151 e. The minimum Gasteiger partial charge on any atom is -0.370 e. The standard InChI is InChI=1S/C10H15N3/c1-8-6-9-10(11-7-8)13(3)5-4-12(9)2/h6-7H,4-5H2,1-3H3. The zero-order valence-corrected chi connectivity index (χ0v) is 8.41. The van der Waals surface area contributed by atoms with Gasteiger partial charge in [-0.2, -0.15) is 0 Å². The van der Waals surface area contributed by atoms with Gasteiger partial charge < -0.3 is 9.80 Å². The minimum atomic E-state index is 1.06. The van der Waals surface area contributed by atoms with Gasteiger partial charge in [-0.05, 0) is 18.6 Å². The average molecular weight is 177 g/mol. The number of rotatable bonds is 0. The number of aromatic nitrogens is 1. The molecule has 0 atom stereocenters. The van der Waals surface area contributed by atoms with Crippen molar-refractivity contribution < 1.29 is 0 Å². The molecular formula is C10H15N3. The zero-order chi connectivity index (χ0) is 9.42. The van der Waals surface area contributed by atoms with Crippen LogP contribution in [0.5, 0.6) is 0 Å². The molecule has 13 heavy (non-hydrogen) atoms. The summed E-state index contributed by atoms with van der Waals surface area (Å²) < 4.78 is 0. The van der Waals surface area contributed by atoms with Crippen molar-refractivity contribution in [2.45, 2.75) is 6.92 Å². The van der Waals surface area contributed by atoms with E-state index in [4.69, 9.17) is 0 Å². The van der Waals surface area contributed by atoms with Crippen molar-refractivity contribution in [2.24, 2.45) is 0 Å². The Kier molecular flexibility index (Phi) is 1.87. The highest BCUT2D eigenvalue weighted by Gasteiger charge is 2.18. The SMILES string of the molecule is Cc1cnc2c(c1)N(C)CCN2C. The molecular weight excluding hydrogens is 162 g/mol. The molecule has 1 aliphatic rings. The number of fused-ring (bicyclic) bond motifs is 1. The Morgan fingerprint density at radius 1 is 1.23 bits per heavy atom. The van der Waals surface area contributed by atoms with Crippen LogP contribution >= 0.6 is 0 Å². The first kappa shape index (κ1) is 8.35. The predicted molar refractivity (Wildman–Crippen MR) is 55.5 cm³/mol. The van der Waals surface area contributed by atoms with Gasteiger partial charge in [-0.25, -0.2) is 4.98 Å². The Bertz CT molecular complexity index is 322. The Labute approximate surface area is 79.0 Å². The molecule has 2 rings (SSSR count). The molecule has 2 heterocycles. The third-order valence-corrected chi connectivity index (χ3v) is 2.53. The predicted octanol–water partition coefficient (Wildman–Crippen LogP) is 1.28. The fourth-order valence-corrected chi connectivity index (χ4v) is 1.65. The number of pyridine rings is 1. The van der Waals surface area contributed by atoms with Crippen molar-refractivity contribution in [1.82, 2.24) is 4.98 Å². The Morgan fingerprint density at radius 3 is 2.69 bits per heavy atom. The highest BCUT2D eigenvalue weighted by atomic mass is 15.3. The zero-order valence-electron chi connectivity index (χ0n) is 8.41. The fraction of sp³-hybridized carbons (Fsp3) is 0.500. The van der Waals surface area contributed by atoms with Crippen molar-refractivity contribution in [3.8, 4) is 0 Å². The largest absolute Gasteiger partial charge is 0.370 e. The fourth-order valence-electron chi connectivity index (χ4n) is 1.65. The molecule has 0 fully saturated rings. The number of anilines is 2. The number of hydrogen-bond acceptors (Lipinski definition) is 3. The van der Waals surface area contributed by atoms with Gasteiger partial charge in [-0.3, -0.25) is 0 Å². The molecule has 0 saturated carbocycles. The summed E-state index contributed by atoms with van der Waals surface area (Å²) in [5.41, 5.74) is 2.47. The Balaban J connectivity index is 2.50. The van der Waals surface area contributed by atoms with Crippen molar-refractivity contribution >= 4 is 11.5 Å². The highest BCUT2D eigenvalue weighted by Crippen LogP contribution is 2.29. The van der Waals surface area contributed by atoms with E-state index in [0.717, 1.165) is 18.9 Å². The number of likely N-dealkylation sites (N-methyl/N-ethyl adjacent to an activating group) is 2. The summed E-state index contributed by atoms with van der Waals surface area (Å²) in [6.45, 7) is 4.21.